The minimum Gasteiger partial charge on any atom is -0.439 e. The second kappa shape index (κ2) is 8.82. The topological polar surface area (TPSA) is 85.4 Å². The van der Waals surface area contributed by atoms with Gasteiger partial charge < -0.3 is 10.1 Å². The minimum absolute atomic E-state index is 0.187. The molecule has 150 valence electrons. The highest BCUT2D eigenvalue weighted by atomic mass is 35.5. The van der Waals surface area contributed by atoms with Gasteiger partial charge in [-0.25, -0.2) is 13.4 Å². The van der Waals surface area contributed by atoms with Crippen LogP contribution in [0.25, 0.3) is 0 Å². The Hall–Kier alpha value is -2.61. The number of rotatable bonds is 6. The lowest BCUT2D eigenvalue weighted by atomic mass is 10.2. The van der Waals surface area contributed by atoms with Crippen molar-refractivity contribution in [2.24, 2.45) is 0 Å². The number of amides is 1. The monoisotopic (exact) mass is 450 g/mol. The van der Waals surface area contributed by atoms with Crippen LogP contribution in [-0.2, 0) is 16.4 Å². The van der Waals surface area contributed by atoms with Gasteiger partial charge in [0.15, 0.2) is 9.84 Å². The van der Waals surface area contributed by atoms with Crippen LogP contribution >= 0.6 is 23.2 Å². The van der Waals surface area contributed by atoms with Gasteiger partial charge in [-0.15, -0.1) is 0 Å². The summed E-state index contributed by atoms with van der Waals surface area (Å²) in [6, 6.07) is 14.0. The molecule has 1 aromatic heterocycles. The molecule has 0 saturated carbocycles. The van der Waals surface area contributed by atoms with E-state index in [1.54, 1.807) is 24.3 Å². The summed E-state index contributed by atoms with van der Waals surface area (Å²) in [4.78, 5) is 16.7. The summed E-state index contributed by atoms with van der Waals surface area (Å²) in [6.07, 6.45) is 2.58. The van der Waals surface area contributed by atoms with Crippen molar-refractivity contribution in [1.29, 1.82) is 0 Å². The second-order valence-corrected chi connectivity index (χ2v) is 9.01. The third kappa shape index (κ3) is 5.69. The molecule has 0 fully saturated rings. The van der Waals surface area contributed by atoms with E-state index in [-0.39, 0.29) is 23.2 Å². The lowest BCUT2D eigenvalue weighted by molar-refractivity contribution is 0.0950. The molecular weight excluding hydrogens is 435 g/mol. The maximum Gasteiger partial charge on any atom is 0.251 e. The number of pyridine rings is 1. The van der Waals surface area contributed by atoms with Crippen molar-refractivity contribution in [1.82, 2.24) is 10.3 Å². The third-order valence-corrected chi connectivity index (χ3v) is 5.64. The van der Waals surface area contributed by atoms with Gasteiger partial charge in [-0.1, -0.05) is 29.3 Å². The summed E-state index contributed by atoms with van der Waals surface area (Å²) in [7, 11) is -3.29. The summed E-state index contributed by atoms with van der Waals surface area (Å²) >= 11 is 12.0. The number of hydrogen-bond donors (Lipinski definition) is 1. The van der Waals surface area contributed by atoms with Crippen LogP contribution in [0.4, 0.5) is 0 Å². The minimum atomic E-state index is -3.29. The van der Waals surface area contributed by atoms with Crippen molar-refractivity contribution < 1.29 is 17.9 Å². The number of carbonyl (C=O) groups is 1. The van der Waals surface area contributed by atoms with Gasteiger partial charge in [0.25, 0.3) is 5.91 Å². The number of benzene rings is 2. The first-order valence-corrected chi connectivity index (χ1v) is 11.0. The Balaban J connectivity index is 1.67. The Morgan fingerprint density at radius 1 is 1.07 bits per heavy atom. The van der Waals surface area contributed by atoms with E-state index in [4.69, 9.17) is 27.9 Å². The second-order valence-electron chi connectivity index (χ2n) is 6.15. The van der Waals surface area contributed by atoms with Gasteiger partial charge in [0.05, 0.1) is 4.90 Å². The Bertz CT molecular complexity index is 1150. The Morgan fingerprint density at radius 2 is 1.79 bits per heavy atom. The van der Waals surface area contributed by atoms with E-state index in [2.05, 4.69) is 10.3 Å². The molecule has 0 radical (unpaired) electrons. The Labute approximate surface area is 178 Å². The molecule has 0 unspecified atom stereocenters. The zero-order valence-electron chi connectivity index (χ0n) is 15.2. The fourth-order valence-electron chi connectivity index (χ4n) is 2.42. The van der Waals surface area contributed by atoms with Gasteiger partial charge in [0.1, 0.15) is 5.75 Å². The van der Waals surface area contributed by atoms with Gasteiger partial charge in [-0.05, 0) is 48.0 Å². The number of ether oxygens (including phenoxy) is 1. The Kier molecular flexibility index (Phi) is 6.42. The summed E-state index contributed by atoms with van der Waals surface area (Å²) in [6.45, 7) is 0.236. The molecule has 0 saturated heterocycles. The van der Waals surface area contributed by atoms with Crippen LogP contribution in [0, 0.1) is 0 Å². The van der Waals surface area contributed by atoms with Crippen molar-refractivity contribution in [2.75, 3.05) is 6.26 Å². The molecule has 3 aromatic rings. The van der Waals surface area contributed by atoms with Gasteiger partial charge in [0.2, 0.25) is 5.88 Å². The number of nitrogens with one attached hydrogen (secondary N) is 1. The Morgan fingerprint density at radius 3 is 2.45 bits per heavy atom. The van der Waals surface area contributed by atoms with Crippen LogP contribution in [0.3, 0.4) is 0 Å². The molecule has 0 spiro atoms. The summed E-state index contributed by atoms with van der Waals surface area (Å²) in [5, 5.41) is 3.76. The smallest absolute Gasteiger partial charge is 0.251 e. The van der Waals surface area contributed by atoms with E-state index in [1.807, 2.05) is 0 Å². The lowest BCUT2D eigenvalue weighted by Gasteiger charge is -2.09. The van der Waals surface area contributed by atoms with E-state index in [0.717, 1.165) is 11.8 Å². The first kappa shape index (κ1) is 21.1. The highest BCUT2D eigenvalue weighted by Gasteiger charge is 2.11. The number of aromatic nitrogens is 1. The van der Waals surface area contributed by atoms with E-state index >= 15 is 0 Å². The van der Waals surface area contributed by atoms with Gasteiger partial charge >= 0.3 is 0 Å². The largest absolute Gasteiger partial charge is 0.439 e. The van der Waals surface area contributed by atoms with Crippen LogP contribution in [0.1, 0.15) is 15.9 Å². The molecule has 1 amide bonds. The predicted molar refractivity (Wildman–Crippen MR) is 111 cm³/mol. The van der Waals surface area contributed by atoms with Crippen LogP contribution < -0.4 is 10.1 Å². The molecule has 0 aliphatic heterocycles. The van der Waals surface area contributed by atoms with Crippen molar-refractivity contribution in [3.63, 3.8) is 0 Å². The molecule has 0 bridgehead atoms. The zero-order chi connectivity index (χ0) is 21.0. The van der Waals surface area contributed by atoms with Gasteiger partial charge in [-0.2, -0.15) is 0 Å². The zero-order valence-corrected chi connectivity index (χ0v) is 17.6. The highest BCUT2D eigenvalue weighted by molar-refractivity contribution is 7.90. The SMILES string of the molecule is CS(=O)(=O)c1ccc(Oc2cc(C(=O)NCc3ccc(Cl)cc3Cl)ccn2)cc1. The molecule has 0 aliphatic rings. The first-order valence-electron chi connectivity index (χ1n) is 8.38. The molecule has 29 heavy (non-hydrogen) atoms. The molecular formula is C20H16Cl2N2O4S. The van der Waals surface area contributed by atoms with Crippen LogP contribution in [-0.4, -0.2) is 25.6 Å². The average molecular weight is 451 g/mol. The van der Waals surface area contributed by atoms with Crippen molar-refractivity contribution >= 4 is 38.9 Å². The first-order chi connectivity index (χ1) is 13.7. The van der Waals surface area contributed by atoms with Crippen molar-refractivity contribution in [3.8, 4) is 11.6 Å². The molecule has 2 aromatic carbocycles. The van der Waals surface area contributed by atoms with Gasteiger partial charge in [0, 0.05) is 40.7 Å². The standard InChI is InChI=1S/C20H16Cl2N2O4S/c1-29(26,27)17-6-4-16(5-7-17)28-19-10-13(8-9-23-19)20(25)24-12-14-2-3-15(21)11-18(14)22/h2-11H,12H2,1H3,(H,24,25). The van der Waals surface area contributed by atoms with Crippen LogP contribution in [0.15, 0.2) is 65.7 Å². The number of nitrogens with zero attached hydrogens (tertiary/aromatic N) is 1. The summed E-state index contributed by atoms with van der Waals surface area (Å²) in [5.74, 6) is 0.278. The predicted octanol–water partition coefficient (Wildman–Crippen LogP) is 4.51. The summed E-state index contributed by atoms with van der Waals surface area (Å²) < 4.78 is 28.6. The highest BCUT2D eigenvalue weighted by Crippen LogP contribution is 2.23. The number of hydrogen-bond acceptors (Lipinski definition) is 5. The molecule has 1 N–H and O–H groups in total. The molecule has 0 aliphatic carbocycles. The van der Waals surface area contributed by atoms with E-state index < -0.39 is 9.84 Å². The number of halogens is 2. The van der Waals surface area contributed by atoms with Crippen LogP contribution in [0.2, 0.25) is 10.0 Å². The number of carbonyl (C=O) groups excluding carboxylic acids is 1. The molecule has 6 nitrogen and oxygen atoms in total. The quantitative estimate of drug-likeness (QED) is 0.596. The van der Waals surface area contributed by atoms with E-state index in [1.165, 1.54) is 36.5 Å². The normalized spacial score (nSPS) is 11.1. The molecule has 0 atom stereocenters. The van der Waals surface area contributed by atoms with E-state index in [9.17, 15) is 13.2 Å². The maximum atomic E-state index is 12.4. The third-order valence-electron chi connectivity index (χ3n) is 3.93. The molecule has 9 heteroatoms. The maximum absolute atomic E-state index is 12.4. The molecule has 1 heterocycles. The average Bonchev–Trinajstić information content (AvgIpc) is 2.67. The molecule has 3 rings (SSSR count). The number of sulfone groups is 1. The van der Waals surface area contributed by atoms with Crippen LogP contribution in [0.5, 0.6) is 11.6 Å². The fourth-order valence-corrected chi connectivity index (χ4v) is 3.53. The van der Waals surface area contributed by atoms with Gasteiger partial charge in [-0.3, -0.25) is 4.79 Å². The summed E-state index contributed by atoms with van der Waals surface area (Å²) in [5.41, 5.74) is 1.09. The van der Waals surface area contributed by atoms with Crippen molar-refractivity contribution in [3.05, 3.63) is 82.0 Å². The van der Waals surface area contributed by atoms with E-state index in [0.29, 0.717) is 21.4 Å². The lowest BCUT2D eigenvalue weighted by Crippen LogP contribution is -2.23. The fraction of sp³-hybridized carbons (Fsp3) is 0.100. The van der Waals surface area contributed by atoms with Crippen molar-refractivity contribution in [2.45, 2.75) is 11.4 Å².